The number of nitrogens with zero attached hydrogens (tertiary/aromatic N) is 1. The molecule has 3 unspecified atom stereocenters. The van der Waals surface area contributed by atoms with Gasteiger partial charge in [0.2, 0.25) is 0 Å². The van der Waals surface area contributed by atoms with Crippen molar-refractivity contribution >= 4 is 15.9 Å². The Hall–Kier alpha value is -1.12. The Morgan fingerprint density at radius 1 is 0.861 bits per heavy atom. The maximum absolute atomic E-state index is 12.8. The number of nitrogens with one attached hydrogen (secondary N) is 1. The molecular formula is C24H35BrN2O9. The van der Waals surface area contributed by atoms with E-state index in [1.54, 1.807) is 0 Å². The van der Waals surface area contributed by atoms with Gasteiger partial charge in [0, 0.05) is 26.0 Å². The Balaban J connectivity index is 1.42. The van der Waals surface area contributed by atoms with E-state index in [0.29, 0.717) is 19.8 Å². The van der Waals surface area contributed by atoms with E-state index in [9.17, 15) is 9.59 Å². The van der Waals surface area contributed by atoms with Gasteiger partial charge < -0.3 is 33.2 Å². The molecule has 0 aromatic carbocycles. The Morgan fingerprint density at radius 2 is 1.44 bits per heavy atom. The molecule has 1 aromatic rings. The topological polar surface area (TPSA) is 119 Å². The molecule has 4 saturated heterocycles. The summed E-state index contributed by atoms with van der Waals surface area (Å²) in [6.45, 7) is 2.10. The first-order valence-electron chi connectivity index (χ1n) is 13.0. The summed E-state index contributed by atoms with van der Waals surface area (Å²) in [6.07, 6.45) is 5.87. The van der Waals surface area contributed by atoms with Crippen LogP contribution in [0.15, 0.2) is 20.3 Å². The average Bonchev–Trinajstić information content (AvgIpc) is 3.23. The van der Waals surface area contributed by atoms with Crippen LogP contribution in [0.25, 0.3) is 0 Å². The quantitative estimate of drug-likeness (QED) is 0.499. The number of halogens is 1. The number of aromatic nitrogens is 2. The Kier molecular flexibility index (Phi) is 9.28. The zero-order chi connectivity index (χ0) is 24.9. The molecule has 5 rings (SSSR count). The molecule has 4 aliphatic rings. The number of aromatic amines is 1. The van der Waals surface area contributed by atoms with Gasteiger partial charge in [-0.3, -0.25) is 14.3 Å². The van der Waals surface area contributed by atoms with E-state index in [4.69, 9.17) is 33.2 Å². The van der Waals surface area contributed by atoms with Gasteiger partial charge in [-0.15, -0.1) is 0 Å². The lowest BCUT2D eigenvalue weighted by Gasteiger charge is -2.34. The molecule has 7 atom stereocenters. The summed E-state index contributed by atoms with van der Waals surface area (Å²) in [7, 11) is 0. The first kappa shape index (κ1) is 26.5. The van der Waals surface area contributed by atoms with Crippen molar-refractivity contribution in [3.8, 4) is 0 Å². The molecule has 0 aliphatic carbocycles. The third kappa shape index (κ3) is 6.47. The molecule has 11 nitrogen and oxygen atoms in total. The van der Waals surface area contributed by atoms with Gasteiger partial charge in [-0.1, -0.05) is 0 Å². The van der Waals surface area contributed by atoms with E-state index < -0.39 is 48.4 Å². The van der Waals surface area contributed by atoms with Crippen molar-refractivity contribution in [1.82, 2.24) is 9.55 Å². The van der Waals surface area contributed by atoms with Crippen LogP contribution in [0.4, 0.5) is 0 Å². The summed E-state index contributed by atoms with van der Waals surface area (Å²) >= 11 is 3.22. The third-order valence-corrected chi connectivity index (χ3v) is 7.53. The molecule has 0 radical (unpaired) electrons. The summed E-state index contributed by atoms with van der Waals surface area (Å²) in [5, 5.41) is 0. The number of rotatable bonds is 8. The molecule has 1 aromatic heterocycles. The lowest BCUT2D eigenvalue weighted by atomic mass is 10.1. The highest BCUT2D eigenvalue weighted by Crippen LogP contribution is 2.37. The number of hydrogen-bond acceptors (Lipinski definition) is 9. The fourth-order valence-electron chi connectivity index (χ4n) is 5.06. The van der Waals surface area contributed by atoms with Gasteiger partial charge in [0.05, 0.1) is 11.1 Å². The van der Waals surface area contributed by atoms with Crippen molar-refractivity contribution in [2.75, 3.05) is 26.4 Å². The second kappa shape index (κ2) is 12.6. The van der Waals surface area contributed by atoms with E-state index in [-0.39, 0.29) is 17.4 Å². The minimum atomic E-state index is -0.870. The minimum absolute atomic E-state index is 0.198. The smallest absolute Gasteiger partial charge is 0.330 e. The zero-order valence-corrected chi connectivity index (χ0v) is 21.9. The van der Waals surface area contributed by atoms with Gasteiger partial charge in [0.1, 0.15) is 18.3 Å². The lowest BCUT2D eigenvalue weighted by molar-refractivity contribution is -0.251. The van der Waals surface area contributed by atoms with Gasteiger partial charge in [-0.05, 0) is 73.7 Å². The van der Waals surface area contributed by atoms with E-state index in [0.717, 1.165) is 57.8 Å². The Morgan fingerprint density at radius 3 is 2.03 bits per heavy atom. The molecule has 4 fully saturated rings. The second-order valence-corrected chi connectivity index (χ2v) is 10.5. The second-order valence-electron chi connectivity index (χ2n) is 9.63. The highest BCUT2D eigenvalue weighted by atomic mass is 79.9. The molecular weight excluding hydrogens is 540 g/mol. The molecule has 36 heavy (non-hydrogen) atoms. The van der Waals surface area contributed by atoms with Gasteiger partial charge in [-0.2, -0.15) is 0 Å². The van der Waals surface area contributed by atoms with Crippen LogP contribution in [-0.2, 0) is 33.2 Å². The lowest BCUT2D eigenvalue weighted by Crippen LogP contribution is -2.46. The molecule has 1 N–H and O–H groups in total. The van der Waals surface area contributed by atoms with Crippen molar-refractivity contribution in [3.05, 3.63) is 31.5 Å². The summed E-state index contributed by atoms with van der Waals surface area (Å²) in [5.74, 6) is 0. The SMILES string of the molecule is O=c1[nH]c(=O)n([C@@H]2O[C@H](COC3CCCCO3)[C@@H](OC3CCCCO3)[C@H]2OC2CCCCO2)cc1Br. The summed E-state index contributed by atoms with van der Waals surface area (Å²) < 4.78 is 44.4. The first-order valence-corrected chi connectivity index (χ1v) is 13.8. The number of ether oxygens (including phenoxy) is 7. The van der Waals surface area contributed by atoms with Crippen molar-refractivity contribution in [2.24, 2.45) is 0 Å². The zero-order valence-electron chi connectivity index (χ0n) is 20.3. The largest absolute Gasteiger partial charge is 0.353 e. The van der Waals surface area contributed by atoms with Gasteiger partial charge in [0.15, 0.2) is 25.1 Å². The normalized spacial score (nSPS) is 35.6. The molecule has 5 heterocycles. The van der Waals surface area contributed by atoms with E-state index in [1.165, 1.54) is 10.8 Å². The molecule has 4 aliphatic heterocycles. The molecule has 0 amide bonds. The monoisotopic (exact) mass is 574 g/mol. The van der Waals surface area contributed by atoms with Gasteiger partial charge >= 0.3 is 5.69 Å². The van der Waals surface area contributed by atoms with E-state index >= 15 is 0 Å². The Bertz CT molecular complexity index is 954. The summed E-state index contributed by atoms with van der Waals surface area (Å²) in [4.78, 5) is 27.1. The average molecular weight is 575 g/mol. The van der Waals surface area contributed by atoms with Crippen molar-refractivity contribution in [3.63, 3.8) is 0 Å². The van der Waals surface area contributed by atoms with Crippen LogP contribution >= 0.6 is 15.9 Å². The molecule has 202 valence electrons. The number of hydrogen-bond donors (Lipinski definition) is 1. The molecule has 0 bridgehead atoms. The van der Waals surface area contributed by atoms with E-state index in [1.807, 2.05) is 0 Å². The summed E-state index contributed by atoms with van der Waals surface area (Å²) in [5.41, 5.74) is -1.11. The minimum Gasteiger partial charge on any atom is -0.353 e. The van der Waals surface area contributed by atoms with Crippen LogP contribution in [0.2, 0.25) is 0 Å². The molecule has 12 heteroatoms. The van der Waals surface area contributed by atoms with Crippen LogP contribution in [0.1, 0.15) is 64.0 Å². The van der Waals surface area contributed by atoms with Gasteiger partial charge in [-0.25, -0.2) is 4.79 Å². The molecule has 0 saturated carbocycles. The fourth-order valence-corrected chi connectivity index (χ4v) is 5.38. The molecule has 0 spiro atoms. The fraction of sp³-hybridized carbons (Fsp3) is 0.833. The van der Waals surface area contributed by atoms with Crippen LogP contribution in [0.5, 0.6) is 0 Å². The van der Waals surface area contributed by atoms with Crippen LogP contribution in [0, 0.1) is 0 Å². The predicted molar refractivity (Wildman–Crippen MR) is 129 cm³/mol. The summed E-state index contributed by atoms with van der Waals surface area (Å²) in [6, 6.07) is 0. The first-order chi connectivity index (χ1) is 17.6. The van der Waals surface area contributed by atoms with Crippen LogP contribution in [0.3, 0.4) is 0 Å². The van der Waals surface area contributed by atoms with Crippen molar-refractivity contribution < 1.29 is 33.2 Å². The Labute approximate surface area is 217 Å². The number of H-pyrrole nitrogens is 1. The van der Waals surface area contributed by atoms with Crippen molar-refractivity contribution in [1.29, 1.82) is 0 Å². The highest BCUT2D eigenvalue weighted by molar-refractivity contribution is 9.10. The maximum Gasteiger partial charge on any atom is 0.330 e. The standard InChI is InChI=1S/C24H35BrN2O9/c25-15-13-27(24(29)26-22(15)28)23-21(36-19-9-3-6-12-32-19)20(35-18-8-2-5-11-31-18)16(34-23)14-33-17-7-1-4-10-30-17/h13,16-21,23H,1-12,14H2,(H,26,28,29)/t16-,17?,18?,19?,20-,21-,23-/m1/s1. The maximum atomic E-state index is 12.8. The predicted octanol–water partition coefficient (Wildman–Crippen LogP) is 2.56. The van der Waals surface area contributed by atoms with Crippen LogP contribution in [-0.4, -0.2) is 73.2 Å². The third-order valence-electron chi connectivity index (χ3n) is 6.96. The van der Waals surface area contributed by atoms with Gasteiger partial charge in [0.25, 0.3) is 5.56 Å². The van der Waals surface area contributed by atoms with Crippen molar-refractivity contribution in [2.45, 2.75) is 101 Å². The van der Waals surface area contributed by atoms with Crippen LogP contribution < -0.4 is 11.2 Å². The highest BCUT2D eigenvalue weighted by Gasteiger charge is 2.50. The van der Waals surface area contributed by atoms with E-state index in [2.05, 4.69) is 20.9 Å².